The van der Waals surface area contributed by atoms with Crippen LogP contribution in [0.5, 0.6) is 0 Å². The SMILES string of the molecule is C1=Cc2ncccc2CO1.Cl. The number of fused-ring (bicyclic) bond motifs is 1. The molecule has 0 atom stereocenters. The van der Waals surface area contributed by atoms with Gasteiger partial charge in [0.25, 0.3) is 0 Å². The standard InChI is InChI=1S/C8H7NO.ClH/c1-2-7-6-10-5-3-8(7)9-4-1;/h1-5H,6H2;1H. The fourth-order valence-electron chi connectivity index (χ4n) is 0.973. The smallest absolute Gasteiger partial charge is 0.114 e. The fourth-order valence-corrected chi connectivity index (χ4v) is 0.973. The van der Waals surface area contributed by atoms with E-state index in [9.17, 15) is 0 Å². The summed E-state index contributed by atoms with van der Waals surface area (Å²) in [6, 6.07) is 3.94. The topological polar surface area (TPSA) is 22.1 Å². The van der Waals surface area contributed by atoms with Crippen LogP contribution >= 0.6 is 12.4 Å². The third-order valence-corrected chi connectivity index (χ3v) is 1.49. The zero-order valence-corrected chi connectivity index (χ0v) is 6.67. The van der Waals surface area contributed by atoms with Gasteiger partial charge < -0.3 is 4.74 Å². The Labute approximate surface area is 71.3 Å². The summed E-state index contributed by atoms with van der Waals surface area (Å²) in [5.74, 6) is 0. The summed E-state index contributed by atoms with van der Waals surface area (Å²) in [5, 5.41) is 0. The van der Waals surface area contributed by atoms with Gasteiger partial charge in [-0.3, -0.25) is 4.98 Å². The maximum Gasteiger partial charge on any atom is 0.114 e. The van der Waals surface area contributed by atoms with Crippen LogP contribution in [0.15, 0.2) is 24.6 Å². The molecule has 0 unspecified atom stereocenters. The molecule has 2 heterocycles. The van der Waals surface area contributed by atoms with Crippen molar-refractivity contribution in [1.29, 1.82) is 0 Å². The lowest BCUT2D eigenvalue weighted by atomic mass is 10.2. The van der Waals surface area contributed by atoms with Crippen LogP contribution in [0.3, 0.4) is 0 Å². The molecule has 3 heteroatoms. The number of hydrogen-bond donors (Lipinski definition) is 0. The second-order valence-electron chi connectivity index (χ2n) is 2.16. The Morgan fingerprint density at radius 1 is 1.45 bits per heavy atom. The number of pyridine rings is 1. The van der Waals surface area contributed by atoms with Crippen LogP contribution in [0.1, 0.15) is 11.3 Å². The number of ether oxygens (including phenoxy) is 1. The molecule has 0 amide bonds. The molecule has 58 valence electrons. The second kappa shape index (κ2) is 3.39. The molecule has 0 saturated heterocycles. The van der Waals surface area contributed by atoms with E-state index in [1.165, 1.54) is 0 Å². The molecule has 0 aromatic carbocycles. The minimum Gasteiger partial charge on any atom is -0.496 e. The Balaban J connectivity index is 0.000000605. The number of hydrogen-bond acceptors (Lipinski definition) is 2. The monoisotopic (exact) mass is 169 g/mol. The number of halogens is 1. The second-order valence-corrected chi connectivity index (χ2v) is 2.16. The molecule has 0 saturated carbocycles. The first kappa shape index (κ1) is 8.08. The largest absolute Gasteiger partial charge is 0.496 e. The Hall–Kier alpha value is -1.02. The lowest BCUT2D eigenvalue weighted by Gasteiger charge is -2.08. The van der Waals surface area contributed by atoms with E-state index in [1.54, 1.807) is 12.5 Å². The van der Waals surface area contributed by atoms with Gasteiger partial charge in [-0.2, -0.15) is 0 Å². The van der Waals surface area contributed by atoms with Gasteiger partial charge >= 0.3 is 0 Å². The quantitative estimate of drug-likeness (QED) is 0.593. The van der Waals surface area contributed by atoms with Crippen molar-refractivity contribution in [3.8, 4) is 0 Å². The summed E-state index contributed by atoms with van der Waals surface area (Å²) in [6.45, 7) is 0.652. The molecule has 2 rings (SSSR count). The maximum absolute atomic E-state index is 5.08. The summed E-state index contributed by atoms with van der Waals surface area (Å²) >= 11 is 0. The highest BCUT2D eigenvalue weighted by atomic mass is 35.5. The Kier molecular flexibility index (Phi) is 2.49. The van der Waals surface area contributed by atoms with E-state index < -0.39 is 0 Å². The number of nitrogens with zero attached hydrogens (tertiary/aromatic N) is 1. The molecular formula is C8H8ClNO. The average Bonchev–Trinajstić information content (AvgIpc) is 2.05. The van der Waals surface area contributed by atoms with Gasteiger partial charge in [-0.15, -0.1) is 12.4 Å². The molecule has 0 spiro atoms. The molecule has 0 bridgehead atoms. The summed E-state index contributed by atoms with van der Waals surface area (Å²) < 4.78 is 5.08. The fraction of sp³-hybridized carbons (Fsp3) is 0.125. The summed E-state index contributed by atoms with van der Waals surface area (Å²) in [6.07, 6.45) is 5.34. The van der Waals surface area contributed by atoms with E-state index in [0.29, 0.717) is 6.61 Å². The summed E-state index contributed by atoms with van der Waals surface area (Å²) in [4.78, 5) is 4.15. The maximum atomic E-state index is 5.08. The summed E-state index contributed by atoms with van der Waals surface area (Å²) in [7, 11) is 0. The van der Waals surface area contributed by atoms with Gasteiger partial charge in [0.1, 0.15) is 6.61 Å². The van der Waals surface area contributed by atoms with E-state index in [4.69, 9.17) is 4.74 Å². The van der Waals surface area contributed by atoms with E-state index in [0.717, 1.165) is 11.3 Å². The van der Waals surface area contributed by atoms with Crippen molar-refractivity contribution in [1.82, 2.24) is 4.98 Å². The van der Waals surface area contributed by atoms with Crippen LogP contribution in [0.25, 0.3) is 6.08 Å². The molecule has 11 heavy (non-hydrogen) atoms. The number of rotatable bonds is 0. The molecule has 0 fully saturated rings. The molecule has 0 radical (unpaired) electrons. The molecule has 0 aliphatic carbocycles. The summed E-state index contributed by atoms with van der Waals surface area (Å²) in [5.41, 5.74) is 2.18. The average molecular weight is 170 g/mol. The minimum absolute atomic E-state index is 0. The third-order valence-electron chi connectivity index (χ3n) is 1.49. The van der Waals surface area contributed by atoms with Crippen molar-refractivity contribution in [3.05, 3.63) is 35.8 Å². The predicted molar refractivity (Wildman–Crippen MR) is 45.3 cm³/mol. The van der Waals surface area contributed by atoms with Crippen LogP contribution in [0.2, 0.25) is 0 Å². The van der Waals surface area contributed by atoms with Crippen LogP contribution < -0.4 is 0 Å². The molecule has 2 nitrogen and oxygen atoms in total. The molecule has 1 aliphatic heterocycles. The Morgan fingerprint density at radius 3 is 3.18 bits per heavy atom. The van der Waals surface area contributed by atoms with E-state index in [2.05, 4.69) is 4.98 Å². The zero-order valence-electron chi connectivity index (χ0n) is 5.86. The first-order valence-electron chi connectivity index (χ1n) is 3.19. The van der Waals surface area contributed by atoms with Crippen molar-refractivity contribution in [2.75, 3.05) is 0 Å². The van der Waals surface area contributed by atoms with E-state index >= 15 is 0 Å². The van der Waals surface area contributed by atoms with Crippen molar-refractivity contribution >= 4 is 18.5 Å². The minimum atomic E-state index is 0. The van der Waals surface area contributed by atoms with Crippen molar-refractivity contribution in [2.45, 2.75) is 6.61 Å². The van der Waals surface area contributed by atoms with Crippen LogP contribution in [0, 0.1) is 0 Å². The third kappa shape index (κ3) is 1.52. The molecule has 1 aliphatic rings. The predicted octanol–water partition coefficient (Wildman–Crippen LogP) is 2.00. The highest BCUT2D eigenvalue weighted by Gasteiger charge is 2.02. The molecule has 0 N–H and O–H groups in total. The van der Waals surface area contributed by atoms with Crippen molar-refractivity contribution in [2.24, 2.45) is 0 Å². The van der Waals surface area contributed by atoms with Crippen LogP contribution in [-0.2, 0) is 11.3 Å². The van der Waals surface area contributed by atoms with E-state index in [1.807, 2.05) is 18.2 Å². The molecule has 1 aromatic heterocycles. The van der Waals surface area contributed by atoms with Gasteiger partial charge in [-0.25, -0.2) is 0 Å². The number of aromatic nitrogens is 1. The van der Waals surface area contributed by atoms with Gasteiger partial charge in [0.2, 0.25) is 0 Å². The van der Waals surface area contributed by atoms with Gasteiger partial charge in [0, 0.05) is 11.8 Å². The molecule has 1 aromatic rings. The Morgan fingerprint density at radius 2 is 2.36 bits per heavy atom. The van der Waals surface area contributed by atoms with Crippen molar-refractivity contribution in [3.63, 3.8) is 0 Å². The van der Waals surface area contributed by atoms with Gasteiger partial charge in [-0.1, -0.05) is 6.07 Å². The normalized spacial score (nSPS) is 12.7. The zero-order chi connectivity index (χ0) is 6.81. The van der Waals surface area contributed by atoms with Crippen LogP contribution in [0.4, 0.5) is 0 Å². The first-order chi connectivity index (χ1) is 4.97. The lowest BCUT2D eigenvalue weighted by molar-refractivity contribution is 0.234. The van der Waals surface area contributed by atoms with Crippen LogP contribution in [-0.4, -0.2) is 4.98 Å². The Bertz CT molecular complexity index is 273. The first-order valence-corrected chi connectivity index (χ1v) is 3.19. The van der Waals surface area contributed by atoms with Gasteiger partial charge in [-0.05, 0) is 12.1 Å². The lowest BCUT2D eigenvalue weighted by Crippen LogP contribution is -1.97. The van der Waals surface area contributed by atoms with Gasteiger partial charge in [0.15, 0.2) is 0 Å². The highest BCUT2D eigenvalue weighted by Crippen LogP contribution is 2.13. The van der Waals surface area contributed by atoms with Gasteiger partial charge in [0.05, 0.1) is 12.0 Å². The highest BCUT2D eigenvalue weighted by molar-refractivity contribution is 5.85. The molecular weight excluding hydrogens is 162 g/mol. The van der Waals surface area contributed by atoms with E-state index in [-0.39, 0.29) is 12.4 Å². The van der Waals surface area contributed by atoms with Crippen molar-refractivity contribution < 1.29 is 4.74 Å².